The van der Waals surface area contributed by atoms with Crippen LogP contribution in [0.2, 0.25) is 0 Å². The lowest BCUT2D eigenvalue weighted by Gasteiger charge is -2.35. The summed E-state index contributed by atoms with van der Waals surface area (Å²) < 4.78 is 0. The molecule has 27 heavy (non-hydrogen) atoms. The molecule has 6 nitrogen and oxygen atoms in total. The molecule has 3 aromatic rings. The van der Waals surface area contributed by atoms with Crippen LogP contribution in [0.25, 0.3) is 22.4 Å². The number of hydrogen-bond acceptors (Lipinski definition) is 6. The summed E-state index contributed by atoms with van der Waals surface area (Å²) in [5.41, 5.74) is 4.27. The van der Waals surface area contributed by atoms with E-state index >= 15 is 0 Å². The van der Waals surface area contributed by atoms with Crippen LogP contribution in [0, 0.1) is 0 Å². The predicted molar refractivity (Wildman–Crippen MR) is 110 cm³/mol. The van der Waals surface area contributed by atoms with E-state index in [1.165, 1.54) is 0 Å². The van der Waals surface area contributed by atoms with Gasteiger partial charge in [-0.15, -0.1) is 12.6 Å². The van der Waals surface area contributed by atoms with E-state index in [-0.39, 0.29) is 6.61 Å². The van der Waals surface area contributed by atoms with Crippen LogP contribution >= 0.6 is 12.6 Å². The minimum atomic E-state index is 0.204. The number of β-amino-alcohol motifs (C(OH)–C–C–N with tert-alkyl or cyclic N) is 1. The third-order valence-corrected chi connectivity index (χ3v) is 5.26. The van der Waals surface area contributed by atoms with Crippen molar-refractivity contribution in [3.63, 3.8) is 0 Å². The summed E-state index contributed by atoms with van der Waals surface area (Å²) in [7, 11) is 0. The first kappa shape index (κ1) is 18.0. The maximum atomic E-state index is 9.16. The Morgan fingerprint density at radius 2 is 1.67 bits per heavy atom. The third kappa shape index (κ3) is 3.85. The molecule has 7 heteroatoms. The molecular formula is C20H23N5OS. The Balaban J connectivity index is 1.71. The fraction of sp³-hybridized carbons (Fsp3) is 0.300. The van der Waals surface area contributed by atoms with E-state index in [1.54, 1.807) is 0 Å². The van der Waals surface area contributed by atoms with Gasteiger partial charge in [-0.1, -0.05) is 12.1 Å². The number of thiol groups is 1. The summed E-state index contributed by atoms with van der Waals surface area (Å²) in [5, 5.41) is 17.1. The molecule has 4 rings (SSSR count). The van der Waals surface area contributed by atoms with Gasteiger partial charge in [-0.2, -0.15) is 5.10 Å². The SMILES string of the molecule is OCCN1CCN(c2n[nH]c(-c3ccc(S)cc3)c2-c2ccncc2)CC1. The number of piperazine rings is 1. The van der Waals surface area contributed by atoms with Crippen molar-refractivity contribution in [2.45, 2.75) is 4.90 Å². The van der Waals surface area contributed by atoms with Crippen molar-refractivity contribution in [3.05, 3.63) is 48.8 Å². The fourth-order valence-electron chi connectivity index (χ4n) is 3.51. The number of aliphatic hydroxyl groups excluding tert-OH is 1. The Labute approximate surface area is 164 Å². The molecule has 3 heterocycles. The average Bonchev–Trinajstić information content (AvgIpc) is 3.15. The minimum Gasteiger partial charge on any atom is -0.395 e. The smallest absolute Gasteiger partial charge is 0.159 e. The van der Waals surface area contributed by atoms with Crippen molar-refractivity contribution < 1.29 is 5.11 Å². The summed E-state index contributed by atoms with van der Waals surface area (Å²) in [4.78, 5) is 9.69. The summed E-state index contributed by atoms with van der Waals surface area (Å²) >= 11 is 4.39. The predicted octanol–water partition coefficient (Wildman–Crippen LogP) is 2.54. The normalized spacial score (nSPS) is 15.3. The van der Waals surface area contributed by atoms with Crippen LogP contribution in [-0.2, 0) is 0 Å². The van der Waals surface area contributed by atoms with Crippen LogP contribution in [0.5, 0.6) is 0 Å². The zero-order chi connectivity index (χ0) is 18.6. The molecule has 0 spiro atoms. The molecule has 1 saturated heterocycles. The van der Waals surface area contributed by atoms with E-state index in [0.29, 0.717) is 0 Å². The molecule has 1 aliphatic heterocycles. The Morgan fingerprint density at radius 1 is 0.963 bits per heavy atom. The molecule has 0 saturated carbocycles. The van der Waals surface area contributed by atoms with Gasteiger partial charge in [0.2, 0.25) is 0 Å². The van der Waals surface area contributed by atoms with Crippen LogP contribution in [0.4, 0.5) is 5.82 Å². The van der Waals surface area contributed by atoms with Crippen LogP contribution in [0.1, 0.15) is 0 Å². The van der Waals surface area contributed by atoms with E-state index < -0.39 is 0 Å². The van der Waals surface area contributed by atoms with Crippen molar-refractivity contribution in [3.8, 4) is 22.4 Å². The van der Waals surface area contributed by atoms with Crippen molar-refractivity contribution in [2.75, 3.05) is 44.2 Å². The van der Waals surface area contributed by atoms with E-state index in [0.717, 1.165) is 65.8 Å². The van der Waals surface area contributed by atoms with Gasteiger partial charge in [0.1, 0.15) is 0 Å². The second-order valence-corrected chi connectivity index (χ2v) is 7.15. The molecule has 1 aliphatic rings. The zero-order valence-corrected chi connectivity index (χ0v) is 15.9. The van der Waals surface area contributed by atoms with Gasteiger partial charge in [0.05, 0.1) is 17.9 Å². The minimum absolute atomic E-state index is 0.204. The zero-order valence-electron chi connectivity index (χ0n) is 15.0. The van der Waals surface area contributed by atoms with E-state index in [4.69, 9.17) is 5.11 Å². The highest BCUT2D eigenvalue weighted by molar-refractivity contribution is 7.80. The Bertz CT molecular complexity index is 873. The summed E-state index contributed by atoms with van der Waals surface area (Å²) in [5.74, 6) is 0.967. The number of H-pyrrole nitrogens is 1. The molecule has 0 radical (unpaired) electrons. The third-order valence-electron chi connectivity index (χ3n) is 4.96. The Morgan fingerprint density at radius 3 is 2.33 bits per heavy atom. The number of anilines is 1. The van der Waals surface area contributed by atoms with Gasteiger partial charge in [-0.3, -0.25) is 15.0 Å². The highest BCUT2D eigenvalue weighted by atomic mass is 32.1. The van der Waals surface area contributed by atoms with Gasteiger partial charge in [0.15, 0.2) is 5.82 Å². The molecule has 0 bridgehead atoms. The summed E-state index contributed by atoms with van der Waals surface area (Å²) in [6.07, 6.45) is 3.62. The van der Waals surface area contributed by atoms with Crippen molar-refractivity contribution >= 4 is 18.4 Å². The molecule has 2 aromatic heterocycles. The number of nitrogens with zero attached hydrogens (tertiary/aromatic N) is 4. The summed E-state index contributed by atoms with van der Waals surface area (Å²) in [6.45, 7) is 4.55. The maximum absolute atomic E-state index is 9.16. The van der Waals surface area contributed by atoms with Crippen LogP contribution in [-0.4, -0.2) is 64.5 Å². The average molecular weight is 382 g/mol. The molecule has 0 unspecified atom stereocenters. The van der Waals surface area contributed by atoms with Gasteiger partial charge in [0, 0.05) is 55.6 Å². The number of pyridine rings is 1. The van der Waals surface area contributed by atoms with Gasteiger partial charge in [0.25, 0.3) is 0 Å². The number of aliphatic hydroxyl groups is 1. The number of aromatic amines is 1. The lowest BCUT2D eigenvalue weighted by Crippen LogP contribution is -2.47. The first-order valence-electron chi connectivity index (χ1n) is 9.12. The number of rotatable bonds is 5. The molecule has 1 fully saturated rings. The highest BCUT2D eigenvalue weighted by Crippen LogP contribution is 2.38. The van der Waals surface area contributed by atoms with Crippen molar-refractivity contribution in [1.82, 2.24) is 20.1 Å². The molecule has 140 valence electrons. The Hall–Kier alpha value is -2.35. The van der Waals surface area contributed by atoms with Crippen LogP contribution < -0.4 is 4.90 Å². The lowest BCUT2D eigenvalue weighted by molar-refractivity contribution is 0.188. The largest absolute Gasteiger partial charge is 0.395 e. The van der Waals surface area contributed by atoms with Gasteiger partial charge in [-0.05, 0) is 29.8 Å². The van der Waals surface area contributed by atoms with Crippen LogP contribution in [0.3, 0.4) is 0 Å². The maximum Gasteiger partial charge on any atom is 0.159 e. The van der Waals surface area contributed by atoms with E-state index in [1.807, 2.05) is 36.7 Å². The second kappa shape index (κ2) is 8.12. The van der Waals surface area contributed by atoms with E-state index in [9.17, 15) is 0 Å². The fourth-order valence-corrected chi connectivity index (χ4v) is 3.66. The summed E-state index contributed by atoms with van der Waals surface area (Å²) in [6, 6.07) is 12.1. The number of benzene rings is 1. The topological polar surface area (TPSA) is 68.3 Å². The Kier molecular flexibility index (Phi) is 5.42. The quantitative estimate of drug-likeness (QED) is 0.593. The monoisotopic (exact) mass is 381 g/mol. The molecule has 0 aliphatic carbocycles. The van der Waals surface area contributed by atoms with Crippen molar-refractivity contribution in [2.24, 2.45) is 0 Å². The van der Waals surface area contributed by atoms with E-state index in [2.05, 4.69) is 49.7 Å². The first-order chi connectivity index (χ1) is 13.3. The molecule has 0 atom stereocenters. The first-order valence-corrected chi connectivity index (χ1v) is 9.57. The highest BCUT2D eigenvalue weighted by Gasteiger charge is 2.24. The van der Waals surface area contributed by atoms with Crippen molar-refractivity contribution in [1.29, 1.82) is 0 Å². The number of nitrogens with one attached hydrogen (secondary N) is 1. The lowest BCUT2D eigenvalue weighted by atomic mass is 10.0. The number of aromatic nitrogens is 3. The molecule has 1 aromatic carbocycles. The molecule has 0 amide bonds. The van der Waals surface area contributed by atoms with Gasteiger partial charge < -0.3 is 10.0 Å². The van der Waals surface area contributed by atoms with Gasteiger partial charge >= 0.3 is 0 Å². The molecular weight excluding hydrogens is 358 g/mol. The molecule has 2 N–H and O–H groups in total. The van der Waals surface area contributed by atoms with Gasteiger partial charge in [-0.25, -0.2) is 0 Å². The van der Waals surface area contributed by atoms with Crippen LogP contribution in [0.15, 0.2) is 53.7 Å². The second-order valence-electron chi connectivity index (χ2n) is 6.63. The standard InChI is InChI=1S/C20H23N5OS/c26-14-13-24-9-11-25(12-10-24)20-18(15-5-7-21-8-6-15)19(22-23-20)16-1-3-17(27)4-2-16/h1-8,26-27H,9-14H2,(H,22,23). The number of hydrogen-bond donors (Lipinski definition) is 3.